The lowest BCUT2D eigenvalue weighted by Gasteiger charge is -2.32. The zero-order valence-corrected chi connectivity index (χ0v) is 18.9. The van der Waals surface area contributed by atoms with Gasteiger partial charge in [0.05, 0.1) is 0 Å². The first-order valence-corrected chi connectivity index (χ1v) is 11.1. The fourth-order valence-corrected chi connectivity index (χ4v) is 4.71. The van der Waals surface area contributed by atoms with Gasteiger partial charge in [-0.3, -0.25) is 4.79 Å². The Labute approximate surface area is 180 Å². The molecule has 2 atom stereocenters. The Balaban J connectivity index is 1.85. The van der Waals surface area contributed by atoms with Gasteiger partial charge in [-0.1, -0.05) is 38.1 Å². The van der Waals surface area contributed by atoms with Crippen molar-refractivity contribution < 1.29 is 9.18 Å². The van der Waals surface area contributed by atoms with Gasteiger partial charge in [0, 0.05) is 43.7 Å². The maximum atomic E-state index is 13.3. The van der Waals surface area contributed by atoms with Gasteiger partial charge in [0.1, 0.15) is 5.82 Å². The predicted molar refractivity (Wildman–Crippen MR) is 121 cm³/mol. The molecule has 1 heterocycles. The first-order valence-electron chi connectivity index (χ1n) is 11.1. The van der Waals surface area contributed by atoms with Crippen molar-refractivity contribution in [1.29, 1.82) is 0 Å². The standard InChI is InChI=1S/C26H35FN2O/c1-18(2)14-28-15-22(25(17-28)24-9-7-6-8-20(24)5)16-29(19(3)4)26(30)21-10-12-23(27)13-11-21/h6-13,18-19,22,25H,14-17H2,1-5H3/t22-,25-/m0/s1. The summed E-state index contributed by atoms with van der Waals surface area (Å²) in [6.07, 6.45) is 0. The molecule has 0 bridgehead atoms. The van der Waals surface area contributed by atoms with Crippen LogP contribution in [-0.2, 0) is 0 Å². The summed E-state index contributed by atoms with van der Waals surface area (Å²) in [4.78, 5) is 17.8. The zero-order valence-electron chi connectivity index (χ0n) is 18.9. The van der Waals surface area contributed by atoms with E-state index in [0.717, 1.165) is 19.6 Å². The van der Waals surface area contributed by atoms with E-state index in [1.807, 2.05) is 4.90 Å². The second-order valence-electron chi connectivity index (χ2n) is 9.39. The van der Waals surface area contributed by atoms with Crippen LogP contribution in [0, 0.1) is 24.6 Å². The van der Waals surface area contributed by atoms with Gasteiger partial charge in [-0.15, -0.1) is 0 Å². The van der Waals surface area contributed by atoms with Crippen LogP contribution in [0.1, 0.15) is 55.1 Å². The number of hydrogen-bond donors (Lipinski definition) is 0. The first-order chi connectivity index (χ1) is 14.3. The second-order valence-corrected chi connectivity index (χ2v) is 9.39. The summed E-state index contributed by atoms with van der Waals surface area (Å²) in [5.74, 6) is 1.06. The second kappa shape index (κ2) is 9.74. The quantitative estimate of drug-likeness (QED) is 0.614. The van der Waals surface area contributed by atoms with E-state index in [9.17, 15) is 9.18 Å². The fraction of sp³-hybridized carbons (Fsp3) is 0.500. The number of carbonyl (C=O) groups is 1. The van der Waals surface area contributed by atoms with Crippen LogP contribution >= 0.6 is 0 Å². The third-order valence-corrected chi connectivity index (χ3v) is 6.13. The van der Waals surface area contributed by atoms with Crippen molar-refractivity contribution in [2.45, 2.75) is 46.6 Å². The molecule has 3 rings (SSSR count). The number of aryl methyl sites for hydroxylation is 1. The van der Waals surface area contributed by atoms with Crippen molar-refractivity contribution in [2.75, 3.05) is 26.2 Å². The van der Waals surface area contributed by atoms with Gasteiger partial charge < -0.3 is 9.80 Å². The van der Waals surface area contributed by atoms with Gasteiger partial charge in [0.2, 0.25) is 0 Å². The SMILES string of the molecule is Cc1ccccc1[C@H]1CN(CC(C)C)C[C@H]1CN(C(=O)c1ccc(F)cc1)C(C)C. The van der Waals surface area contributed by atoms with E-state index < -0.39 is 0 Å². The van der Waals surface area contributed by atoms with Gasteiger partial charge in [0.25, 0.3) is 5.91 Å². The molecule has 0 radical (unpaired) electrons. The molecule has 0 spiro atoms. The Morgan fingerprint density at radius 3 is 2.33 bits per heavy atom. The first kappa shape index (κ1) is 22.5. The van der Waals surface area contributed by atoms with Crippen LogP contribution < -0.4 is 0 Å². The van der Waals surface area contributed by atoms with E-state index in [-0.39, 0.29) is 17.8 Å². The minimum absolute atomic E-state index is 0.0177. The molecule has 1 saturated heterocycles. The van der Waals surface area contributed by atoms with Gasteiger partial charge in [-0.2, -0.15) is 0 Å². The van der Waals surface area contributed by atoms with E-state index in [1.54, 1.807) is 12.1 Å². The monoisotopic (exact) mass is 410 g/mol. The lowest BCUT2D eigenvalue weighted by Crippen LogP contribution is -2.42. The number of rotatable bonds is 7. The van der Waals surface area contributed by atoms with E-state index in [0.29, 0.717) is 29.9 Å². The molecule has 2 aromatic rings. The predicted octanol–water partition coefficient (Wildman–Crippen LogP) is 5.36. The third kappa shape index (κ3) is 5.28. The molecule has 0 unspecified atom stereocenters. The number of halogens is 1. The van der Waals surface area contributed by atoms with Gasteiger partial charge in [-0.05, 0) is 68.0 Å². The summed E-state index contributed by atoms with van der Waals surface area (Å²) in [5, 5.41) is 0. The Morgan fingerprint density at radius 1 is 1.07 bits per heavy atom. The summed E-state index contributed by atoms with van der Waals surface area (Å²) in [6, 6.07) is 14.6. The van der Waals surface area contributed by atoms with E-state index in [1.165, 1.54) is 23.3 Å². The van der Waals surface area contributed by atoms with Crippen molar-refractivity contribution in [3.63, 3.8) is 0 Å². The van der Waals surface area contributed by atoms with Crippen molar-refractivity contribution in [1.82, 2.24) is 9.80 Å². The summed E-state index contributed by atoms with van der Waals surface area (Å²) < 4.78 is 13.3. The number of amides is 1. The number of hydrogen-bond acceptors (Lipinski definition) is 2. The molecule has 1 fully saturated rings. The molecular formula is C26H35FN2O. The van der Waals surface area contributed by atoms with E-state index in [2.05, 4.69) is 63.8 Å². The Morgan fingerprint density at radius 2 is 1.73 bits per heavy atom. The average Bonchev–Trinajstić information content (AvgIpc) is 3.07. The third-order valence-electron chi connectivity index (χ3n) is 6.13. The van der Waals surface area contributed by atoms with Crippen LogP contribution in [0.15, 0.2) is 48.5 Å². The van der Waals surface area contributed by atoms with E-state index in [4.69, 9.17) is 0 Å². The smallest absolute Gasteiger partial charge is 0.254 e. The largest absolute Gasteiger partial charge is 0.336 e. The van der Waals surface area contributed by atoms with Crippen molar-refractivity contribution in [3.8, 4) is 0 Å². The molecule has 2 aromatic carbocycles. The molecule has 3 nitrogen and oxygen atoms in total. The molecular weight excluding hydrogens is 375 g/mol. The van der Waals surface area contributed by atoms with Gasteiger partial charge in [0.15, 0.2) is 0 Å². The lowest BCUT2D eigenvalue weighted by atomic mass is 9.86. The molecule has 0 saturated carbocycles. The van der Waals surface area contributed by atoms with E-state index >= 15 is 0 Å². The van der Waals surface area contributed by atoms with Crippen LogP contribution in [-0.4, -0.2) is 47.9 Å². The van der Waals surface area contributed by atoms with Crippen LogP contribution in [0.25, 0.3) is 0 Å². The Bertz CT molecular complexity index is 846. The average molecular weight is 411 g/mol. The van der Waals surface area contributed by atoms with Crippen LogP contribution in [0.2, 0.25) is 0 Å². The van der Waals surface area contributed by atoms with Crippen molar-refractivity contribution in [3.05, 3.63) is 71.0 Å². The highest BCUT2D eigenvalue weighted by Crippen LogP contribution is 2.35. The Kier molecular flexibility index (Phi) is 7.30. The molecule has 1 amide bonds. The molecule has 1 aliphatic heterocycles. The zero-order chi connectivity index (χ0) is 21.8. The highest BCUT2D eigenvalue weighted by atomic mass is 19.1. The topological polar surface area (TPSA) is 23.6 Å². The molecule has 0 aliphatic carbocycles. The molecule has 30 heavy (non-hydrogen) atoms. The van der Waals surface area contributed by atoms with Crippen molar-refractivity contribution in [2.24, 2.45) is 11.8 Å². The van der Waals surface area contributed by atoms with Crippen LogP contribution in [0.5, 0.6) is 0 Å². The Hall–Kier alpha value is -2.20. The normalized spacial score (nSPS) is 19.6. The molecule has 162 valence electrons. The fourth-order valence-electron chi connectivity index (χ4n) is 4.71. The summed E-state index contributed by atoms with van der Waals surface area (Å²) >= 11 is 0. The van der Waals surface area contributed by atoms with Crippen LogP contribution in [0.4, 0.5) is 4.39 Å². The molecule has 0 N–H and O–H groups in total. The summed E-state index contributed by atoms with van der Waals surface area (Å²) in [7, 11) is 0. The molecule has 1 aliphatic rings. The lowest BCUT2D eigenvalue weighted by molar-refractivity contribution is 0.0668. The minimum atomic E-state index is -0.317. The van der Waals surface area contributed by atoms with Gasteiger partial charge in [-0.25, -0.2) is 4.39 Å². The highest BCUT2D eigenvalue weighted by molar-refractivity contribution is 5.94. The molecule has 0 aromatic heterocycles. The maximum absolute atomic E-state index is 13.3. The summed E-state index contributed by atoms with van der Waals surface area (Å²) in [5.41, 5.74) is 3.26. The number of benzene rings is 2. The highest BCUT2D eigenvalue weighted by Gasteiger charge is 2.37. The number of likely N-dealkylation sites (tertiary alicyclic amines) is 1. The minimum Gasteiger partial charge on any atom is -0.336 e. The van der Waals surface area contributed by atoms with Crippen LogP contribution in [0.3, 0.4) is 0 Å². The van der Waals surface area contributed by atoms with Crippen molar-refractivity contribution >= 4 is 5.91 Å². The summed E-state index contributed by atoms with van der Waals surface area (Å²) in [6.45, 7) is 14.6. The molecule has 4 heteroatoms. The number of carbonyl (C=O) groups excluding carboxylic acids is 1. The van der Waals surface area contributed by atoms with Gasteiger partial charge >= 0.3 is 0 Å². The number of nitrogens with zero attached hydrogens (tertiary/aromatic N) is 2. The maximum Gasteiger partial charge on any atom is 0.254 e.